The van der Waals surface area contributed by atoms with E-state index in [1.54, 1.807) is 6.08 Å². The molecule has 3 atom stereocenters. The number of phosphoric acid groups is 1. The molecule has 0 saturated heterocycles. The Bertz CT molecular complexity index is 1830. The first-order valence-electron chi connectivity index (χ1n) is 34.6. The molecule has 84 heavy (non-hydrogen) atoms. The molecule has 0 bridgehead atoms. The molecule has 0 saturated carbocycles. The van der Waals surface area contributed by atoms with E-state index in [4.69, 9.17) is 9.05 Å². The van der Waals surface area contributed by atoms with E-state index in [0.29, 0.717) is 23.9 Å². The normalized spacial score (nSPS) is 14.5. The number of nitrogens with zero attached hydrogens (tertiary/aromatic N) is 1. The van der Waals surface area contributed by atoms with E-state index in [0.717, 1.165) is 96.3 Å². The minimum absolute atomic E-state index is 0.0420. The molecule has 0 fully saturated rings. The average Bonchev–Trinajstić information content (AvgIpc) is 3.56. The summed E-state index contributed by atoms with van der Waals surface area (Å²) in [4.78, 5) is 23.4. The topological polar surface area (TPSA) is 105 Å². The predicted molar refractivity (Wildman–Crippen MR) is 368 cm³/mol. The van der Waals surface area contributed by atoms with Crippen LogP contribution in [0.3, 0.4) is 0 Å². The fraction of sp³-hybridized carbons (Fsp3) is 0.693. The lowest BCUT2D eigenvalue weighted by atomic mass is 10.0. The molecule has 0 aromatic rings. The highest BCUT2D eigenvalue weighted by atomic mass is 31.2. The number of unbranched alkanes of at least 4 members (excludes halogenated alkanes) is 29. The standard InChI is InChI=1S/C75H131N2O6P/c1-6-8-10-12-14-16-18-20-22-24-26-28-30-32-34-36-38-40-42-44-46-48-50-52-54-56-58-60-62-64-66-68-74(78)73(72-83-84(80,81)82-71-70-77(3,4)5)76-75(79)69-67-65-63-61-59-57-55-53-51-49-47-45-43-41-39-37-35-33-31-29-27-25-23-21-19-17-15-13-11-9-7-2/h9,11,15,17,21,23,27,29,33,35,39,41,45,47,51,53,57-60,66,68,73-74,78H,6-8,10,12-14,16,18-20,22,24-26,28,30-32,34,36-38,40,42-44,46,48-50,52,54-56,61-65,67,69-72H2,1-5H3,(H-,76,79,80,81)/p+1/b11-9-,17-15-,23-21-,29-27-,35-33-,41-39-,47-45-,53-51-,59-57-,60-58+,68-66+. The first-order valence-corrected chi connectivity index (χ1v) is 36.1. The van der Waals surface area contributed by atoms with Crippen LogP contribution < -0.4 is 5.32 Å². The summed E-state index contributed by atoms with van der Waals surface area (Å²) in [5.41, 5.74) is 0. The molecule has 0 aliphatic carbocycles. The Hall–Kier alpha value is -3.36. The number of amides is 1. The third kappa shape index (κ3) is 66.2. The highest BCUT2D eigenvalue weighted by Gasteiger charge is 2.28. The number of hydrogen-bond acceptors (Lipinski definition) is 5. The van der Waals surface area contributed by atoms with Gasteiger partial charge in [0, 0.05) is 6.42 Å². The molecule has 482 valence electrons. The van der Waals surface area contributed by atoms with Gasteiger partial charge in [-0.3, -0.25) is 13.8 Å². The lowest BCUT2D eigenvalue weighted by Gasteiger charge is -2.25. The van der Waals surface area contributed by atoms with Gasteiger partial charge in [0.25, 0.3) is 0 Å². The molecule has 0 aromatic carbocycles. The van der Waals surface area contributed by atoms with E-state index in [1.165, 1.54) is 161 Å². The SMILES string of the molecule is CC/C=C\C/C=C\C/C=C\C/C=C\C/C=C\C/C=C\C/C=C\C/C=C\C/C=C\CCCCCC(=O)NC(COP(=O)(O)OCC[N+](C)(C)C)C(O)/C=C/CC/C=C/CCCCCCCCCCCCCCCCCCCCCCCCCCC. The molecule has 1 amide bonds. The van der Waals surface area contributed by atoms with Crippen LogP contribution in [0, 0.1) is 0 Å². The number of carbonyl (C=O) groups is 1. The van der Waals surface area contributed by atoms with Gasteiger partial charge in [0.2, 0.25) is 5.91 Å². The van der Waals surface area contributed by atoms with Crippen LogP contribution in [0.15, 0.2) is 134 Å². The smallest absolute Gasteiger partial charge is 0.387 e. The van der Waals surface area contributed by atoms with Crippen molar-refractivity contribution in [1.29, 1.82) is 0 Å². The second kappa shape index (κ2) is 64.1. The second-order valence-corrected chi connectivity index (χ2v) is 25.6. The third-order valence-electron chi connectivity index (χ3n) is 14.9. The van der Waals surface area contributed by atoms with Crippen molar-refractivity contribution in [3.05, 3.63) is 134 Å². The van der Waals surface area contributed by atoms with Gasteiger partial charge in [-0.05, 0) is 103 Å². The van der Waals surface area contributed by atoms with Crippen LogP contribution in [0.5, 0.6) is 0 Å². The number of aliphatic hydroxyl groups excluding tert-OH is 1. The van der Waals surface area contributed by atoms with Crippen molar-refractivity contribution < 1.29 is 32.9 Å². The maximum atomic E-state index is 13.0. The molecule has 3 unspecified atom stereocenters. The molecule has 0 heterocycles. The molecule has 0 radical (unpaired) electrons. The Morgan fingerprint density at radius 3 is 1.10 bits per heavy atom. The Labute approximate surface area is 519 Å². The average molecular weight is 1190 g/mol. The van der Waals surface area contributed by atoms with E-state index in [2.05, 4.69) is 141 Å². The fourth-order valence-electron chi connectivity index (χ4n) is 9.52. The maximum Gasteiger partial charge on any atom is 0.472 e. The number of allylic oxidation sites excluding steroid dienone is 21. The van der Waals surface area contributed by atoms with Gasteiger partial charge in [-0.25, -0.2) is 4.57 Å². The van der Waals surface area contributed by atoms with E-state index in [1.807, 2.05) is 27.2 Å². The van der Waals surface area contributed by atoms with Gasteiger partial charge in [-0.15, -0.1) is 0 Å². The Morgan fingerprint density at radius 2 is 0.726 bits per heavy atom. The van der Waals surface area contributed by atoms with Crippen LogP contribution >= 0.6 is 7.82 Å². The van der Waals surface area contributed by atoms with Gasteiger partial charge in [0.1, 0.15) is 13.2 Å². The van der Waals surface area contributed by atoms with Crippen LogP contribution in [0.2, 0.25) is 0 Å². The minimum Gasteiger partial charge on any atom is -0.387 e. The molecule has 0 aromatic heterocycles. The molecule has 0 rings (SSSR count). The summed E-state index contributed by atoms with van der Waals surface area (Å²) in [5.74, 6) is -0.222. The van der Waals surface area contributed by atoms with Crippen LogP contribution in [-0.4, -0.2) is 73.4 Å². The highest BCUT2D eigenvalue weighted by Crippen LogP contribution is 2.43. The van der Waals surface area contributed by atoms with Crippen molar-refractivity contribution in [1.82, 2.24) is 5.32 Å². The summed E-state index contributed by atoms with van der Waals surface area (Å²) in [6, 6.07) is -0.894. The first-order chi connectivity index (χ1) is 41.0. The van der Waals surface area contributed by atoms with E-state index >= 15 is 0 Å². The quantitative estimate of drug-likeness (QED) is 0.0243. The number of aliphatic hydroxyl groups is 1. The monoisotopic (exact) mass is 1190 g/mol. The summed E-state index contributed by atoms with van der Waals surface area (Å²) in [6.45, 7) is 4.67. The second-order valence-electron chi connectivity index (χ2n) is 24.2. The first kappa shape index (κ1) is 80.6. The van der Waals surface area contributed by atoms with Gasteiger partial charge in [-0.2, -0.15) is 0 Å². The summed E-state index contributed by atoms with van der Waals surface area (Å²) < 4.78 is 23.8. The molecule has 8 nitrogen and oxygen atoms in total. The van der Waals surface area contributed by atoms with E-state index < -0.39 is 20.0 Å². The van der Waals surface area contributed by atoms with Crippen LogP contribution in [-0.2, 0) is 18.4 Å². The number of likely N-dealkylation sites (N-methyl/N-ethyl adjacent to an activating group) is 1. The van der Waals surface area contributed by atoms with Crippen molar-refractivity contribution in [3.63, 3.8) is 0 Å². The van der Waals surface area contributed by atoms with Crippen LogP contribution in [0.1, 0.15) is 284 Å². The number of hydrogen-bond donors (Lipinski definition) is 3. The number of carbonyl (C=O) groups excluding carboxylic acids is 1. The summed E-state index contributed by atoms with van der Waals surface area (Å²) >= 11 is 0. The molecule has 3 N–H and O–H groups in total. The van der Waals surface area contributed by atoms with Crippen molar-refractivity contribution in [2.45, 2.75) is 296 Å². The van der Waals surface area contributed by atoms with Crippen LogP contribution in [0.25, 0.3) is 0 Å². The summed E-state index contributed by atoms with van der Waals surface area (Å²) in [5, 5.41) is 14.0. The molecule has 9 heteroatoms. The van der Waals surface area contributed by atoms with Gasteiger partial charge < -0.3 is 19.8 Å². The number of quaternary nitrogens is 1. The molecule has 0 aliphatic heterocycles. The van der Waals surface area contributed by atoms with Crippen molar-refractivity contribution in [2.24, 2.45) is 0 Å². The molecule has 0 aliphatic rings. The molecular formula is C75H132N2O6P+. The van der Waals surface area contributed by atoms with Gasteiger partial charge >= 0.3 is 7.82 Å². The van der Waals surface area contributed by atoms with Gasteiger partial charge in [-0.1, -0.05) is 308 Å². The summed E-state index contributed by atoms with van der Waals surface area (Å²) in [7, 11) is 1.52. The number of phosphoric ester groups is 1. The minimum atomic E-state index is -4.38. The van der Waals surface area contributed by atoms with Crippen molar-refractivity contribution in [3.8, 4) is 0 Å². The van der Waals surface area contributed by atoms with E-state index in [9.17, 15) is 19.4 Å². The maximum absolute atomic E-state index is 13.0. The lowest BCUT2D eigenvalue weighted by Crippen LogP contribution is -2.45. The van der Waals surface area contributed by atoms with Gasteiger partial charge in [0.05, 0.1) is 39.9 Å². The zero-order valence-electron chi connectivity index (χ0n) is 55.1. The number of rotatable bonds is 62. The molecular weight excluding hydrogens is 1060 g/mol. The van der Waals surface area contributed by atoms with Gasteiger partial charge in [0.15, 0.2) is 0 Å². The molecule has 0 spiro atoms. The Morgan fingerprint density at radius 1 is 0.417 bits per heavy atom. The Balaban J connectivity index is 4.25. The third-order valence-corrected chi connectivity index (χ3v) is 15.8. The summed E-state index contributed by atoms with van der Waals surface area (Å²) in [6.07, 6.45) is 97.5. The van der Waals surface area contributed by atoms with E-state index in [-0.39, 0.29) is 19.1 Å². The van der Waals surface area contributed by atoms with Crippen molar-refractivity contribution in [2.75, 3.05) is 40.9 Å². The number of nitrogens with one attached hydrogen (secondary N) is 1. The fourth-order valence-corrected chi connectivity index (χ4v) is 10.3. The zero-order chi connectivity index (χ0) is 61.2. The highest BCUT2D eigenvalue weighted by molar-refractivity contribution is 7.47. The lowest BCUT2D eigenvalue weighted by molar-refractivity contribution is -0.870. The largest absolute Gasteiger partial charge is 0.472 e. The zero-order valence-corrected chi connectivity index (χ0v) is 56.0. The Kier molecular flexibility index (Phi) is 61.6. The van der Waals surface area contributed by atoms with Crippen LogP contribution in [0.4, 0.5) is 0 Å². The van der Waals surface area contributed by atoms with Crippen molar-refractivity contribution >= 4 is 13.7 Å². The predicted octanol–water partition coefficient (Wildman–Crippen LogP) is 22.2.